The topological polar surface area (TPSA) is 24.5 Å². The van der Waals surface area contributed by atoms with Crippen LogP contribution in [0.3, 0.4) is 0 Å². The Morgan fingerprint density at radius 2 is 1.68 bits per heavy atom. The summed E-state index contributed by atoms with van der Waals surface area (Å²) < 4.78 is 47.7. The average Bonchev–Trinajstić information content (AvgIpc) is 2.57. The number of ether oxygens (including phenoxy) is 1. The largest absolute Gasteiger partial charge is 0.381 e. The Hall–Kier alpha value is -1.11. The summed E-state index contributed by atoms with van der Waals surface area (Å²) in [5, 5.41) is 3.24. The Kier molecular flexibility index (Phi) is 5.00. The van der Waals surface area contributed by atoms with Crippen molar-refractivity contribution in [1.82, 2.24) is 10.2 Å². The number of nitrogens with zero attached hydrogens (tertiary/aromatic N) is 1. The molecule has 122 valence electrons. The molecular weight excluding hydrogens is 293 g/mol. The molecule has 1 atom stereocenters. The van der Waals surface area contributed by atoms with Gasteiger partial charge in [0.15, 0.2) is 11.6 Å². The molecule has 0 spiro atoms. The molecule has 2 fully saturated rings. The Balaban J connectivity index is 1.98. The summed E-state index contributed by atoms with van der Waals surface area (Å²) in [6, 6.07) is 1.46. The van der Waals surface area contributed by atoms with Crippen molar-refractivity contribution in [2.24, 2.45) is 5.92 Å². The van der Waals surface area contributed by atoms with Gasteiger partial charge in [0, 0.05) is 51.0 Å². The molecule has 2 aliphatic rings. The predicted octanol–water partition coefficient (Wildman–Crippen LogP) is 2.48. The Morgan fingerprint density at radius 1 is 1.05 bits per heavy atom. The minimum absolute atomic E-state index is 0.0812. The summed E-state index contributed by atoms with van der Waals surface area (Å²) in [7, 11) is 0. The molecule has 2 aliphatic heterocycles. The van der Waals surface area contributed by atoms with Gasteiger partial charge in [0.05, 0.1) is 0 Å². The van der Waals surface area contributed by atoms with Crippen LogP contribution in [-0.4, -0.2) is 44.3 Å². The van der Waals surface area contributed by atoms with Crippen LogP contribution in [0.25, 0.3) is 0 Å². The molecule has 6 heteroatoms. The third-order valence-electron chi connectivity index (χ3n) is 4.63. The van der Waals surface area contributed by atoms with Gasteiger partial charge in [0.25, 0.3) is 0 Å². The van der Waals surface area contributed by atoms with Gasteiger partial charge in [-0.1, -0.05) is 0 Å². The quantitative estimate of drug-likeness (QED) is 0.868. The Morgan fingerprint density at radius 3 is 2.36 bits per heavy atom. The molecular formula is C16H21F3N2O. The van der Waals surface area contributed by atoms with Gasteiger partial charge in [0.2, 0.25) is 0 Å². The van der Waals surface area contributed by atoms with Crippen LogP contribution >= 0.6 is 0 Å². The van der Waals surface area contributed by atoms with Crippen LogP contribution in [0.4, 0.5) is 13.2 Å². The molecule has 0 amide bonds. The maximum atomic E-state index is 14.3. The third-order valence-corrected chi connectivity index (χ3v) is 4.63. The molecule has 3 rings (SSSR count). The van der Waals surface area contributed by atoms with Crippen molar-refractivity contribution in [2.75, 3.05) is 39.4 Å². The third kappa shape index (κ3) is 3.14. The summed E-state index contributed by atoms with van der Waals surface area (Å²) in [5.41, 5.74) is -0.117. The number of nitrogens with one attached hydrogen (secondary N) is 1. The zero-order valence-electron chi connectivity index (χ0n) is 12.5. The minimum atomic E-state index is -1.05. The molecule has 2 heterocycles. The number of hydrogen-bond acceptors (Lipinski definition) is 3. The lowest BCUT2D eigenvalue weighted by Crippen LogP contribution is -2.48. The molecule has 22 heavy (non-hydrogen) atoms. The standard InChI is InChI=1S/C16H21F3N2O/c17-12-1-2-13(18)15(19)14(12)16(11-3-9-22-10-4-11)21-7-5-20-6-8-21/h1-2,11,16,20H,3-10H2/t16-/m1/s1. The van der Waals surface area contributed by atoms with Crippen LogP contribution in [0.15, 0.2) is 12.1 Å². The van der Waals surface area contributed by atoms with E-state index in [2.05, 4.69) is 10.2 Å². The van der Waals surface area contributed by atoms with Crippen molar-refractivity contribution >= 4 is 0 Å². The predicted molar refractivity (Wildman–Crippen MR) is 77.0 cm³/mol. The lowest BCUT2D eigenvalue weighted by molar-refractivity contribution is 0.0190. The zero-order chi connectivity index (χ0) is 15.5. The van der Waals surface area contributed by atoms with E-state index in [9.17, 15) is 13.2 Å². The van der Waals surface area contributed by atoms with E-state index in [1.807, 2.05) is 0 Å². The van der Waals surface area contributed by atoms with E-state index in [1.165, 1.54) is 0 Å². The smallest absolute Gasteiger partial charge is 0.166 e. The first-order valence-corrected chi connectivity index (χ1v) is 7.84. The highest BCUT2D eigenvalue weighted by Crippen LogP contribution is 2.38. The van der Waals surface area contributed by atoms with E-state index in [-0.39, 0.29) is 11.5 Å². The molecule has 1 aromatic rings. The first kappa shape index (κ1) is 15.8. The van der Waals surface area contributed by atoms with Crippen molar-refractivity contribution in [2.45, 2.75) is 18.9 Å². The van der Waals surface area contributed by atoms with E-state index in [4.69, 9.17) is 4.74 Å². The fourth-order valence-electron chi connectivity index (χ4n) is 3.52. The summed E-state index contributed by atoms with van der Waals surface area (Å²) in [4.78, 5) is 2.08. The summed E-state index contributed by atoms with van der Waals surface area (Å²) in [5.74, 6) is -2.61. The van der Waals surface area contributed by atoms with Gasteiger partial charge in [-0.15, -0.1) is 0 Å². The molecule has 0 radical (unpaired) electrons. The van der Waals surface area contributed by atoms with Gasteiger partial charge < -0.3 is 10.1 Å². The maximum absolute atomic E-state index is 14.3. The highest BCUT2D eigenvalue weighted by Gasteiger charge is 2.35. The molecule has 2 saturated heterocycles. The minimum Gasteiger partial charge on any atom is -0.381 e. The fraction of sp³-hybridized carbons (Fsp3) is 0.625. The van der Waals surface area contributed by atoms with Crippen molar-refractivity contribution in [1.29, 1.82) is 0 Å². The van der Waals surface area contributed by atoms with Crippen LogP contribution in [-0.2, 0) is 4.74 Å². The van der Waals surface area contributed by atoms with Crippen molar-refractivity contribution in [3.63, 3.8) is 0 Å². The Labute approximate surface area is 128 Å². The number of hydrogen-bond donors (Lipinski definition) is 1. The summed E-state index contributed by atoms with van der Waals surface area (Å²) in [6.45, 7) is 4.14. The van der Waals surface area contributed by atoms with Crippen LogP contribution in [0.2, 0.25) is 0 Å². The van der Waals surface area contributed by atoms with Crippen molar-refractivity contribution in [3.8, 4) is 0 Å². The van der Waals surface area contributed by atoms with Gasteiger partial charge in [-0.3, -0.25) is 4.90 Å². The molecule has 0 aliphatic carbocycles. The highest BCUT2D eigenvalue weighted by atomic mass is 19.2. The first-order valence-electron chi connectivity index (χ1n) is 7.84. The second-order valence-electron chi connectivity index (χ2n) is 5.94. The van der Waals surface area contributed by atoms with E-state index < -0.39 is 23.5 Å². The van der Waals surface area contributed by atoms with Gasteiger partial charge >= 0.3 is 0 Å². The van der Waals surface area contributed by atoms with Crippen molar-refractivity contribution < 1.29 is 17.9 Å². The van der Waals surface area contributed by atoms with E-state index in [0.717, 1.165) is 38.1 Å². The second-order valence-corrected chi connectivity index (χ2v) is 5.94. The molecule has 0 unspecified atom stereocenters. The van der Waals surface area contributed by atoms with E-state index in [0.29, 0.717) is 26.3 Å². The molecule has 0 saturated carbocycles. The van der Waals surface area contributed by atoms with Gasteiger partial charge in [-0.05, 0) is 30.9 Å². The zero-order valence-corrected chi connectivity index (χ0v) is 12.5. The highest BCUT2D eigenvalue weighted by molar-refractivity contribution is 5.26. The monoisotopic (exact) mass is 314 g/mol. The second kappa shape index (κ2) is 6.98. The first-order chi connectivity index (χ1) is 10.7. The van der Waals surface area contributed by atoms with Crippen LogP contribution < -0.4 is 5.32 Å². The molecule has 0 aromatic heterocycles. The van der Waals surface area contributed by atoms with Crippen LogP contribution in [0, 0.1) is 23.4 Å². The lowest BCUT2D eigenvalue weighted by Gasteiger charge is -2.41. The maximum Gasteiger partial charge on any atom is 0.166 e. The van der Waals surface area contributed by atoms with Gasteiger partial charge in [-0.25, -0.2) is 13.2 Å². The molecule has 0 bridgehead atoms. The SMILES string of the molecule is Fc1ccc(F)c([C@@H](C2CCOCC2)N2CCNCC2)c1F. The van der Waals surface area contributed by atoms with E-state index in [1.54, 1.807) is 0 Å². The lowest BCUT2D eigenvalue weighted by atomic mass is 9.85. The number of benzene rings is 1. The molecule has 3 nitrogen and oxygen atoms in total. The average molecular weight is 314 g/mol. The van der Waals surface area contributed by atoms with Crippen molar-refractivity contribution in [3.05, 3.63) is 35.1 Å². The summed E-state index contributed by atoms with van der Waals surface area (Å²) >= 11 is 0. The number of rotatable bonds is 3. The van der Waals surface area contributed by atoms with Gasteiger partial charge in [0.1, 0.15) is 5.82 Å². The van der Waals surface area contributed by atoms with Gasteiger partial charge in [-0.2, -0.15) is 0 Å². The summed E-state index contributed by atoms with van der Waals surface area (Å²) in [6.07, 6.45) is 1.48. The van der Waals surface area contributed by atoms with Crippen LogP contribution in [0.5, 0.6) is 0 Å². The number of halogens is 3. The number of piperazine rings is 1. The van der Waals surface area contributed by atoms with Crippen LogP contribution in [0.1, 0.15) is 24.4 Å². The fourth-order valence-corrected chi connectivity index (χ4v) is 3.52. The molecule has 1 N–H and O–H groups in total. The normalized spacial score (nSPS) is 22.7. The Bertz CT molecular complexity index is 496. The van der Waals surface area contributed by atoms with E-state index >= 15 is 0 Å². The molecule has 1 aromatic carbocycles.